The van der Waals surface area contributed by atoms with Gasteiger partial charge >= 0.3 is 0 Å². The van der Waals surface area contributed by atoms with Crippen LogP contribution in [0.3, 0.4) is 0 Å². The maximum atomic E-state index is 12.0. The number of benzene rings is 2. The number of amides is 1. The van der Waals surface area contributed by atoms with Gasteiger partial charge in [0.2, 0.25) is 5.91 Å². The van der Waals surface area contributed by atoms with Crippen molar-refractivity contribution in [3.05, 3.63) is 59.7 Å². The molecule has 1 atom stereocenters. The summed E-state index contributed by atoms with van der Waals surface area (Å²) in [7, 11) is 1.64. The number of nitrogens with one attached hydrogen (secondary N) is 1. The molecule has 4 heteroatoms. The second-order valence-corrected chi connectivity index (χ2v) is 4.86. The average Bonchev–Trinajstić information content (AvgIpc) is 2.84. The molecule has 0 aliphatic carbocycles. The zero-order valence-electron chi connectivity index (χ0n) is 11.7. The number of fused-ring (bicyclic) bond motifs is 1. The number of rotatable bonds is 4. The van der Waals surface area contributed by atoms with Crippen LogP contribution in [0.4, 0.5) is 5.69 Å². The van der Waals surface area contributed by atoms with Crippen LogP contribution >= 0.6 is 0 Å². The van der Waals surface area contributed by atoms with Gasteiger partial charge < -0.3 is 10.1 Å². The molecule has 1 unspecified atom stereocenters. The third-order valence-electron chi connectivity index (χ3n) is 3.54. The molecule has 0 saturated carbocycles. The second kappa shape index (κ2) is 5.79. The highest BCUT2D eigenvalue weighted by atomic mass is 16.5. The molecule has 21 heavy (non-hydrogen) atoms. The van der Waals surface area contributed by atoms with Crippen LogP contribution in [0.25, 0.3) is 0 Å². The first-order valence-electron chi connectivity index (χ1n) is 6.81. The number of aliphatic imine (C=N–C) groups is 1. The van der Waals surface area contributed by atoms with Crippen molar-refractivity contribution >= 4 is 17.8 Å². The number of hydrogen-bond acceptors (Lipinski definition) is 3. The molecule has 1 N–H and O–H groups in total. The van der Waals surface area contributed by atoms with Crippen LogP contribution in [-0.2, 0) is 11.3 Å². The highest BCUT2D eigenvalue weighted by Gasteiger charge is 2.28. The minimum absolute atomic E-state index is 0.0278. The summed E-state index contributed by atoms with van der Waals surface area (Å²) in [5.74, 6) is 0.474. The zero-order chi connectivity index (χ0) is 14.7. The normalized spacial score (nSPS) is 16.8. The highest BCUT2D eigenvalue weighted by molar-refractivity contribution is 6.12. The molecule has 1 amide bonds. The van der Waals surface area contributed by atoms with E-state index in [1.165, 1.54) is 0 Å². The van der Waals surface area contributed by atoms with Crippen LogP contribution in [-0.4, -0.2) is 19.2 Å². The van der Waals surface area contributed by atoms with Crippen molar-refractivity contribution < 1.29 is 9.53 Å². The van der Waals surface area contributed by atoms with E-state index in [1.54, 1.807) is 13.3 Å². The first kappa shape index (κ1) is 13.4. The fraction of sp³-hybridized carbons (Fsp3) is 0.176. The quantitative estimate of drug-likeness (QED) is 0.875. The topological polar surface area (TPSA) is 50.7 Å². The summed E-state index contributed by atoms with van der Waals surface area (Å²) < 4.78 is 5.29. The Morgan fingerprint density at radius 3 is 2.81 bits per heavy atom. The van der Waals surface area contributed by atoms with Crippen molar-refractivity contribution in [3.8, 4) is 5.75 Å². The zero-order valence-corrected chi connectivity index (χ0v) is 11.7. The molecule has 2 aromatic carbocycles. The van der Waals surface area contributed by atoms with Crippen LogP contribution < -0.4 is 10.1 Å². The van der Waals surface area contributed by atoms with Gasteiger partial charge in [-0.2, -0.15) is 0 Å². The molecule has 3 rings (SSSR count). The number of carbonyl (C=O) groups excluding carboxylic acids is 1. The fourth-order valence-corrected chi connectivity index (χ4v) is 2.47. The van der Waals surface area contributed by atoms with Crippen LogP contribution in [0.15, 0.2) is 53.5 Å². The summed E-state index contributed by atoms with van der Waals surface area (Å²) in [5, 5.41) is 2.86. The molecule has 1 aliphatic rings. The second-order valence-electron chi connectivity index (χ2n) is 4.86. The van der Waals surface area contributed by atoms with Crippen LogP contribution in [0.1, 0.15) is 17.0 Å². The average molecular weight is 280 g/mol. The van der Waals surface area contributed by atoms with Gasteiger partial charge in [-0.25, -0.2) is 0 Å². The van der Waals surface area contributed by atoms with E-state index in [0.717, 1.165) is 22.6 Å². The third kappa shape index (κ3) is 2.65. The van der Waals surface area contributed by atoms with Gasteiger partial charge in [0.05, 0.1) is 13.7 Å². The SMILES string of the molecule is COc1ccccc1CN=CC1C(=O)Nc2ccccc21. The fourth-order valence-electron chi connectivity index (χ4n) is 2.47. The van der Waals surface area contributed by atoms with Gasteiger partial charge in [0.1, 0.15) is 11.7 Å². The summed E-state index contributed by atoms with van der Waals surface area (Å²) in [6.45, 7) is 0.496. The van der Waals surface area contributed by atoms with Gasteiger partial charge in [-0.3, -0.25) is 9.79 Å². The van der Waals surface area contributed by atoms with E-state index in [1.807, 2.05) is 48.5 Å². The number of para-hydroxylation sites is 2. The van der Waals surface area contributed by atoms with Gasteiger partial charge in [-0.05, 0) is 17.7 Å². The minimum Gasteiger partial charge on any atom is -0.496 e. The predicted octanol–water partition coefficient (Wildman–Crippen LogP) is 3.00. The summed E-state index contributed by atoms with van der Waals surface area (Å²) in [5.41, 5.74) is 2.85. The van der Waals surface area contributed by atoms with Gasteiger partial charge in [0, 0.05) is 17.5 Å². The maximum Gasteiger partial charge on any atom is 0.237 e. The van der Waals surface area contributed by atoms with E-state index in [4.69, 9.17) is 4.74 Å². The lowest BCUT2D eigenvalue weighted by molar-refractivity contribution is -0.115. The highest BCUT2D eigenvalue weighted by Crippen LogP contribution is 2.30. The van der Waals surface area contributed by atoms with E-state index in [2.05, 4.69) is 10.3 Å². The lowest BCUT2D eigenvalue weighted by Crippen LogP contribution is -2.13. The molecular formula is C17H16N2O2. The Hall–Kier alpha value is -2.62. The van der Waals surface area contributed by atoms with Gasteiger partial charge in [0.15, 0.2) is 0 Å². The van der Waals surface area contributed by atoms with Crippen molar-refractivity contribution in [1.82, 2.24) is 0 Å². The molecule has 2 aromatic rings. The molecule has 0 radical (unpaired) electrons. The van der Waals surface area contributed by atoms with Crippen molar-refractivity contribution in [2.45, 2.75) is 12.5 Å². The Morgan fingerprint density at radius 2 is 1.95 bits per heavy atom. The standard InChI is InChI=1S/C17H16N2O2/c1-21-16-9-5-2-6-12(16)10-18-11-14-13-7-3-4-8-15(13)19-17(14)20/h2-9,11,14H,10H2,1H3,(H,19,20). The smallest absolute Gasteiger partial charge is 0.237 e. The Morgan fingerprint density at radius 1 is 1.19 bits per heavy atom. The van der Waals surface area contributed by atoms with E-state index in [-0.39, 0.29) is 11.8 Å². The van der Waals surface area contributed by atoms with Crippen molar-refractivity contribution in [2.24, 2.45) is 4.99 Å². The predicted molar refractivity (Wildman–Crippen MR) is 83.0 cm³/mol. The molecule has 0 bridgehead atoms. The molecule has 0 spiro atoms. The summed E-state index contributed by atoms with van der Waals surface area (Å²) >= 11 is 0. The summed E-state index contributed by atoms with van der Waals surface area (Å²) in [6, 6.07) is 15.4. The first-order chi connectivity index (χ1) is 10.3. The van der Waals surface area contributed by atoms with E-state index < -0.39 is 0 Å². The van der Waals surface area contributed by atoms with E-state index in [9.17, 15) is 4.79 Å². The molecule has 1 heterocycles. The Labute approximate surface area is 123 Å². The van der Waals surface area contributed by atoms with Gasteiger partial charge in [-0.15, -0.1) is 0 Å². The molecule has 4 nitrogen and oxygen atoms in total. The molecule has 0 saturated heterocycles. The van der Waals surface area contributed by atoms with Crippen LogP contribution in [0.2, 0.25) is 0 Å². The largest absolute Gasteiger partial charge is 0.496 e. The monoisotopic (exact) mass is 280 g/mol. The lowest BCUT2D eigenvalue weighted by atomic mass is 10.0. The number of nitrogens with zero attached hydrogens (tertiary/aromatic N) is 1. The molecule has 106 valence electrons. The number of ether oxygens (including phenoxy) is 1. The molecule has 1 aliphatic heterocycles. The number of hydrogen-bond donors (Lipinski definition) is 1. The van der Waals surface area contributed by atoms with Crippen LogP contribution in [0, 0.1) is 0 Å². The van der Waals surface area contributed by atoms with Crippen molar-refractivity contribution in [3.63, 3.8) is 0 Å². The number of carbonyl (C=O) groups is 1. The lowest BCUT2D eigenvalue weighted by Gasteiger charge is -2.06. The number of anilines is 1. The number of methoxy groups -OCH3 is 1. The van der Waals surface area contributed by atoms with Crippen LogP contribution in [0.5, 0.6) is 5.75 Å². The third-order valence-corrected chi connectivity index (χ3v) is 3.54. The summed E-state index contributed by atoms with van der Waals surface area (Å²) in [6.07, 6.45) is 1.72. The molecular weight excluding hydrogens is 264 g/mol. The Bertz CT molecular complexity index is 695. The molecule has 0 fully saturated rings. The van der Waals surface area contributed by atoms with Gasteiger partial charge in [-0.1, -0.05) is 36.4 Å². The maximum absolute atomic E-state index is 12.0. The van der Waals surface area contributed by atoms with Gasteiger partial charge in [0.25, 0.3) is 0 Å². The van der Waals surface area contributed by atoms with E-state index in [0.29, 0.717) is 6.54 Å². The minimum atomic E-state index is -0.309. The summed E-state index contributed by atoms with van der Waals surface area (Å²) in [4.78, 5) is 16.4. The van der Waals surface area contributed by atoms with Crippen molar-refractivity contribution in [2.75, 3.05) is 12.4 Å². The van der Waals surface area contributed by atoms with E-state index >= 15 is 0 Å². The Kier molecular flexibility index (Phi) is 3.69. The Balaban J connectivity index is 1.76. The first-order valence-corrected chi connectivity index (χ1v) is 6.81. The molecule has 0 aromatic heterocycles. The van der Waals surface area contributed by atoms with Crippen molar-refractivity contribution in [1.29, 1.82) is 0 Å².